The molecule has 0 radical (unpaired) electrons. The highest BCUT2D eigenvalue weighted by atomic mass is 19.1. The summed E-state index contributed by atoms with van der Waals surface area (Å²) in [7, 11) is 0. The second-order valence-corrected chi connectivity index (χ2v) is 7.20. The fourth-order valence-electron chi connectivity index (χ4n) is 3.17. The minimum absolute atomic E-state index is 0.0550. The predicted molar refractivity (Wildman–Crippen MR) is 119 cm³/mol. The van der Waals surface area contributed by atoms with Gasteiger partial charge in [-0.15, -0.1) is 0 Å². The van der Waals surface area contributed by atoms with Gasteiger partial charge in [-0.05, 0) is 50.5 Å². The second kappa shape index (κ2) is 8.02. The Hall–Kier alpha value is -4.01. The lowest BCUT2D eigenvalue weighted by Crippen LogP contribution is -2.20. The molecule has 0 aliphatic rings. The third-order valence-corrected chi connectivity index (χ3v) is 4.64. The molecule has 31 heavy (non-hydrogen) atoms. The van der Waals surface area contributed by atoms with Crippen LogP contribution in [0.25, 0.3) is 22.3 Å². The highest BCUT2D eigenvalue weighted by Gasteiger charge is 2.18. The fraction of sp³-hybridized carbons (Fsp3) is 0.182. The van der Waals surface area contributed by atoms with Gasteiger partial charge in [0.15, 0.2) is 5.65 Å². The van der Waals surface area contributed by atoms with Crippen molar-refractivity contribution in [1.82, 2.24) is 19.7 Å². The number of halogens is 1. The molecule has 0 saturated heterocycles. The predicted octanol–water partition coefficient (Wildman–Crippen LogP) is 4.75. The lowest BCUT2D eigenvalue weighted by molar-refractivity contribution is 0.262. The molecule has 2 aromatic heterocycles. The number of nitrogens with two attached hydrogens (primary N) is 1. The van der Waals surface area contributed by atoms with Gasteiger partial charge in [-0.2, -0.15) is 5.10 Å². The van der Waals surface area contributed by atoms with Crippen molar-refractivity contribution in [3.63, 3.8) is 0 Å². The number of fused-ring (bicyclic) bond motifs is 1. The number of nitrogens with zero attached hydrogens (tertiary/aromatic N) is 4. The van der Waals surface area contributed by atoms with E-state index in [1.165, 1.54) is 6.33 Å². The first kappa shape index (κ1) is 16.8. The van der Waals surface area contributed by atoms with Crippen LogP contribution in [0.2, 0.25) is 0 Å². The number of nitrogen functional groups attached to an aromatic ring is 1. The maximum atomic E-state index is 14.1. The molecule has 2 aromatic carbocycles. The molecule has 9 heteroatoms. The number of nitrogens with one attached hydrogen (secondary N) is 2. The first-order valence-electron chi connectivity index (χ1n) is 11.0. The van der Waals surface area contributed by atoms with Gasteiger partial charge in [0.2, 0.25) is 0 Å². The Bertz CT molecular complexity index is 1370. The Morgan fingerprint density at radius 3 is 2.65 bits per heavy atom. The Morgan fingerprint density at radius 2 is 1.94 bits per heavy atom. The van der Waals surface area contributed by atoms with Crippen LogP contribution in [0.15, 0.2) is 48.8 Å². The summed E-state index contributed by atoms with van der Waals surface area (Å²) in [4.78, 5) is 20.8. The molecule has 158 valence electrons. The topological polar surface area (TPSA) is 111 Å². The molecular weight excluding hydrogens is 397 g/mol. The number of hydrogen-bond donors (Lipinski definition) is 3. The molecular formula is C22H22FN7O. The van der Waals surface area contributed by atoms with Gasteiger partial charge in [-0.1, -0.05) is 18.2 Å². The average molecular weight is 422 g/mol. The molecule has 4 aromatic rings. The highest BCUT2D eigenvalue weighted by Crippen LogP contribution is 2.32. The quantitative estimate of drug-likeness (QED) is 0.440. The van der Waals surface area contributed by atoms with Gasteiger partial charge < -0.3 is 16.4 Å². The van der Waals surface area contributed by atoms with E-state index in [4.69, 9.17) is 9.85 Å². The fourth-order valence-corrected chi connectivity index (χ4v) is 3.17. The van der Waals surface area contributed by atoms with Crippen molar-refractivity contribution in [3.8, 4) is 11.3 Å². The summed E-state index contributed by atoms with van der Waals surface area (Å²) in [5.74, 6) is -0.430. The maximum Gasteiger partial charge on any atom is 0.323 e. The summed E-state index contributed by atoms with van der Waals surface area (Å²) < 4.78 is 38.2. The Morgan fingerprint density at radius 1 is 1.16 bits per heavy atom. The van der Waals surface area contributed by atoms with Crippen molar-refractivity contribution in [1.29, 1.82) is 0 Å². The summed E-state index contributed by atoms with van der Waals surface area (Å²) in [5.41, 5.74) is 8.20. The van der Waals surface area contributed by atoms with E-state index in [0.717, 1.165) is 23.8 Å². The molecule has 0 saturated carbocycles. The molecule has 2 amide bonds. The van der Waals surface area contributed by atoms with Crippen LogP contribution in [0, 0.1) is 12.7 Å². The van der Waals surface area contributed by atoms with E-state index in [-0.39, 0.29) is 17.3 Å². The molecule has 4 N–H and O–H groups in total. The number of benzene rings is 2. The van der Waals surface area contributed by atoms with E-state index in [2.05, 4.69) is 25.7 Å². The summed E-state index contributed by atoms with van der Waals surface area (Å²) in [5, 5.41) is 10.2. The maximum absolute atomic E-state index is 14.1. The van der Waals surface area contributed by atoms with Gasteiger partial charge in [0.05, 0.1) is 11.1 Å². The molecule has 0 aliphatic heterocycles. The molecule has 0 aliphatic carbocycles. The Balaban J connectivity index is 1.55. The number of rotatable bonds is 4. The first-order chi connectivity index (χ1) is 16.0. The summed E-state index contributed by atoms with van der Waals surface area (Å²) in [6, 6.07) is 9.41. The number of amides is 2. The molecule has 0 fully saturated rings. The lowest BCUT2D eigenvalue weighted by atomic mass is 10.1. The minimum Gasteiger partial charge on any atom is -0.383 e. The van der Waals surface area contributed by atoms with Crippen LogP contribution < -0.4 is 16.4 Å². The van der Waals surface area contributed by atoms with Crippen molar-refractivity contribution in [2.45, 2.75) is 26.7 Å². The average Bonchev–Trinajstić information content (AvgIpc) is 3.16. The van der Waals surface area contributed by atoms with Crippen LogP contribution in [0.3, 0.4) is 0 Å². The van der Waals surface area contributed by atoms with Crippen molar-refractivity contribution in [2.75, 3.05) is 16.4 Å². The number of urea groups is 1. The summed E-state index contributed by atoms with van der Waals surface area (Å²) >= 11 is 0. The minimum atomic E-state index is -2.42. The van der Waals surface area contributed by atoms with Gasteiger partial charge >= 0.3 is 6.03 Å². The Kier molecular flexibility index (Phi) is 4.33. The van der Waals surface area contributed by atoms with Crippen LogP contribution >= 0.6 is 0 Å². The molecule has 0 spiro atoms. The van der Waals surface area contributed by atoms with E-state index in [0.29, 0.717) is 28.2 Å². The molecule has 0 atom stereocenters. The van der Waals surface area contributed by atoms with E-state index >= 15 is 0 Å². The summed E-state index contributed by atoms with van der Waals surface area (Å²) in [6.07, 6.45) is 1.39. The molecule has 2 heterocycles. The van der Waals surface area contributed by atoms with Crippen molar-refractivity contribution in [3.05, 3.63) is 60.2 Å². The lowest BCUT2D eigenvalue weighted by Gasteiger charge is -2.09. The van der Waals surface area contributed by atoms with Crippen LogP contribution in [0.1, 0.15) is 29.6 Å². The van der Waals surface area contributed by atoms with E-state index < -0.39 is 18.7 Å². The van der Waals surface area contributed by atoms with Gasteiger partial charge in [0.25, 0.3) is 0 Å². The van der Waals surface area contributed by atoms with Crippen LogP contribution in [0.5, 0.6) is 0 Å². The number of hydrogen-bond acceptors (Lipinski definition) is 5. The van der Waals surface area contributed by atoms with Crippen molar-refractivity contribution >= 4 is 34.3 Å². The van der Waals surface area contributed by atoms with Crippen molar-refractivity contribution < 1.29 is 13.3 Å². The van der Waals surface area contributed by atoms with E-state index in [9.17, 15) is 9.18 Å². The first-order valence-corrected chi connectivity index (χ1v) is 9.51. The third-order valence-electron chi connectivity index (χ3n) is 4.64. The molecule has 0 bridgehead atoms. The van der Waals surface area contributed by atoms with Gasteiger partial charge in [0.1, 0.15) is 23.7 Å². The highest BCUT2D eigenvalue weighted by molar-refractivity contribution is 6.01. The van der Waals surface area contributed by atoms with Crippen LogP contribution in [-0.4, -0.2) is 25.8 Å². The number of anilines is 3. The van der Waals surface area contributed by atoms with Gasteiger partial charge in [0, 0.05) is 21.4 Å². The summed E-state index contributed by atoms with van der Waals surface area (Å²) in [6.45, 7) is 1.55. The van der Waals surface area contributed by atoms with Gasteiger partial charge in [-0.3, -0.25) is 0 Å². The molecule has 8 nitrogen and oxygen atoms in total. The van der Waals surface area contributed by atoms with Crippen LogP contribution in [0.4, 0.5) is 26.4 Å². The third kappa shape index (κ3) is 4.02. The molecule has 4 rings (SSSR count). The normalized spacial score (nSPS) is 13.0. The van der Waals surface area contributed by atoms with Crippen molar-refractivity contribution in [2.24, 2.45) is 0 Å². The second-order valence-electron chi connectivity index (χ2n) is 7.20. The standard InChI is InChI=1S/C22H22FN7O/c1-12(2)30-21-18(20(24)25-11-26-21)19(29-30)14-5-7-15(8-6-14)27-22(31)28-17-10-13(3)4-9-16(17)23/h4-12H,1-3H3,(H2,24,25,26)(H2,27,28,31)/i3D3. The molecule has 0 unspecified atom stereocenters. The zero-order valence-electron chi connectivity index (χ0n) is 19.8. The zero-order chi connectivity index (χ0) is 24.6. The number of carbonyl (C=O) groups excluding carboxylic acids is 1. The van der Waals surface area contributed by atoms with E-state index in [1.54, 1.807) is 28.9 Å². The smallest absolute Gasteiger partial charge is 0.323 e. The van der Waals surface area contributed by atoms with Gasteiger partial charge in [-0.25, -0.2) is 23.8 Å². The van der Waals surface area contributed by atoms with Crippen LogP contribution in [-0.2, 0) is 0 Å². The van der Waals surface area contributed by atoms with E-state index in [1.807, 2.05) is 13.8 Å². The Labute approximate surface area is 182 Å². The number of aryl methyl sites for hydroxylation is 1. The zero-order valence-corrected chi connectivity index (χ0v) is 16.8. The largest absolute Gasteiger partial charge is 0.383 e. The number of carbonyl (C=O) groups is 1. The number of aromatic nitrogens is 4. The SMILES string of the molecule is [2H]C([2H])([2H])c1ccc(F)c(NC(=O)Nc2ccc(-c3nn(C(C)C)c4ncnc(N)c34)cc2)c1. The monoisotopic (exact) mass is 422 g/mol.